The molecule has 5 nitrogen and oxygen atoms in total. The summed E-state index contributed by atoms with van der Waals surface area (Å²) in [6.45, 7) is 4.86. The van der Waals surface area contributed by atoms with Crippen molar-refractivity contribution in [3.05, 3.63) is 34.9 Å². The number of halogens is 1. The lowest BCUT2D eigenvalue weighted by Gasteiger charge is -2.28. The van der Waals surface area contributed by atoms with Crippen molar-refractivity contribution >= 4 is 23.4 Å². The van der Waals surface area contributed by atoms with Gasteiger partial charge in [0.15, 0.2) is 0 Å². The summed E-state index contributed by atoms with van der Waals surface area (Å²) in [5.74, 6) is 0.129. The van der Waals surface area contributed by atoms with Gasteiger partial charge in [-0.3, -0.25) is 14.5 Å². The predicted octanol–water partition coefficient (Wildman–Crippen LogP) is 2.94. The van der Waals surface area contributed by atoms with E-state index in [4.69, 9.17) is 11.6 Å². The number of nitrogens with zero attached hydrogens (tertiary/aromatic N) is 2. The Balaban J connectivity index is 1.55. The molecule has 1 saturated carbocycles. The Morgan fingerprint density at radius 2 is 1.88 bits per heavy atom. The van der Waals surface area contributed by atoms with Gasteiger partial charge in [-0.15, -0.1) is 0 Å². The summed E-state index contributed by atoms with van der Waals surface area (Å²) in [5.41, 5.74) is 0.623. The van der Waals surface area contributed by atoms with Gasteiger partial charge >= 0.3 is 0 Å². The molecule has 1 atom stereocenters. The molecule has 0 radical (unpaired) electrons. The third-order valence-electron chi connectivity index (χ3n) is 5.52. The summed E-state index contributed by atoms with van der Waals surface area (Å²) in [7, 11) is 0. The molecule has 26 heavy (non-hydrogen) atoms. The van der Waals surface area contributed by atoms with Gasteiger partial charge in [-0.05, 0) is 44.4 Å². The summed E-state index contributed by atoms with van der Waals surface area (Å²) >= 11 is 6.01. The van der Waals surface area contributed by atoms with Crippen LogP contribution in [0.5, 0.6) is 0 Å². The van der Waals surface area contributed by atoms with Crippen molar-refractivity contribution in [3.8, 4) is 0 Å². The fourth-order valence-corrected chi connectivity index (χ4v) is 4.08. The van der Waals surface area contributed by atoms with E-state index in [0.29, 0.717) is 36.3 Å². The SMILES string of the molecule is C[C@@H](C(=O)NC1CCCC1)N1CCCN(C(=O)c2cccc(Cl)c2)CC1. The van der Waals surface area contributed by atoms with Gasteiger partial charge in [0.05, 0.1) is 6.04 Å². The van der Waals surface area contributed by atoms with Crippen LogP contribution >= 0.6 is 11.6 Å². The highest BCUT2D eigenvalue weighted by Crippen LogP contribution is 2.19. The van der Waals surface area contributed by atoms with E-state index in [9.17, 15) is 9.59 Å². The number of hydrogen-bond acceptors (Lipinski definition) is 3. The van der Waals surface area contributed by atoms with Crippen LogP contribution in [0.3, 0.4) is 0 Å². The molecule has 2 amide bonds. The maximum atomic E-state index is 12.7. The first-order valence-corrected chi connectivity index (χ1v) is 10.0. The molecule has 0 aromatic heterocycles. The van der Waals surface area contributed by atoms with E-state index in [-0.39, 0.29) is 17.9 Å². The van der Waals surface area contributed by atoms with Gasteiger partial charge in [0, 0.05) is 42.8 Å². The quantitative estimate of drug-likeness (QED) is 0.877. The highest BCUT2D eigenvalue weighted by molar-refractivity contribution is 6.30. The van der Waals surface area contributed by atoms with E-state index >= 15 is 0 Å². The van der Waals surface area contributed by atoms with Crippen molar-refractivity contribution in [2.24, 2.45) is 0 Å². The molecule has 2 aliphatic rings. The van der Waals surface area contributed by atoms with Crippen molar-refractivity contribution in [1.29, 1.82) is 0 Å². The van der Waals surface area contributed by atoms with Crippen molar-refractivity contribution in [2.75, 3.05) is 26.2 Å². The molecule has 1 aromatic rings. The fourth-order valence-electron chi connectivity index (χ4n) is 3.89. The number of carbonyl (C=O) groups is 2. The van der Waals surface area contributed by atoms with Crippen LogP contribution in [0.1, 0.15) is 49.4 Å². The zero-order chi connectivity index (χ0) is 18.5. The summed E-state index contributed by atoms with van der Waals surface area (Å²) < 4.78 is 0. The molecule has 1 aliphatic heterocycles. The molecule has 0 bridgehead atoms. The minimum atomic E-state index is -0.156. The van der Waals surface area contributed by atoms with E-state index < -0.39 is 0 Å². The molecule has 142 valence electrons. The Labute approximate surface area is 160 Å². The number of benzene rings is 1. The van der Waals surface area contributed by atoms with Gasteiger partial charge in [0.25, 0.3) is 5.91 Å². The van der Waals surface area contributed by atoms with Crippen LogP contribution in [0.15, 0.2) is 24.3 Å². The first kappa shape index (κ1) is 19.2. The molecular weight excluding hydrogens is 350 g/mol. The topological polar surface area (TPSA) is 52.7 Å². The average molecular weight is 378 g/mol. The molecule has 1 aliphatic carbocycles. The van der Waals surface area contributed by atoms with Crippen LogP contribution in [-0.4, -0.2) is 59.9 Å². The van der Waals surface area contributed by atoms with Crippen molar-refractivity contribution in [1.82, 2.24) is 15.1 Å². The fraction of sp³-hybridized carbons (Fsp3) is 0.600. The van der Waals surface area contributed by atoms with E-state index in [1.807, 2.05) is 11.8 Å². The predicted molar refractivity (Wildman–Crippen MR) is 103 cm³/mol. The zero-order valence-corrected chi connectivity index (χ0v) is 16.2. The molecule has 1 aromatic carbocycles. The van der Waals surface area contributed by atoms with Crippen LogP contribution in [-0.2, 0) is 4.79 Å². The lowest BCUT2D eigenvalue weighted by molar-refractivity contribution is -0.126. The van der Waals surface area contributed by atoms with Gasteiger partial charge in [-0.2, -0.15) is 0 Å². The van der Waals surface area contributed by atoms with E-state index in [0.717, 1.165) is 25.8 Å². The minimum absolute atomic E-state index is 0.0115. The third kappa shape index (κ3) is 4.77. The van der Waals surface area contributed by atoms with Gasteiger partial charge in [-0.25, -0.2) is 0 Å². The minimum Gasteiger partial charge on any atom is -0.352 e. The number of rotatable bonds is 4. The second-order valence-corrected chi connectivity index (χ2v) is 7.79. The summed E-state index contributed by atoms with van der Waals surface area (Å²) in [5, 5.41) is 3.76. The molecule has 1 N–H and O–H groups in total. The molecule has 0 unspecified atom stereocenters. The third-order valence-corrected chi connectivity index (χ3v) is 5.75. The van der Waals surface area contributed by atoms with E-state index in [2.05, 4.69) is 10.2 Å². The number of amides is 2. The standard InChI is InChI=1S/C20H28ClN3O2/c1-15(19(25)22-18-8-2-3-9-18)23-10-5-11-24(13-12-23)20(26)16-6-4-7-17(21)14-16/h4,6-7,14-15,18H,2-3,5,8-13H2,1H3,(H,22,25)/t15-/m0/s1. The van der Waals surface area contributed by atoms with Gasteiger partial charge in [-0.1, -0.05) is 30.5 Å². The lowest BCUT2D eigenvalue weighted by atomic mass is 10.2. The Kier molecular flexibility index (Phi) is 6.54. The number of carbonyl (C=O) groups excluding carboxylic acids is 2. The second-order valence-electron chi connectivity index (χ2n) is 7.36. The van der Waals surface area contributed by atoms with Crippen molar-refractivity contribution < 1.29 is 9.59 Å². The van der Waals surface area contributed by atoms with E-state index in [1.165, 1.54) is 12.8 Å². The molecular formula is C20H28ClN3O2. The number of hydrogen-bond donors (Lipinski definition) is 1. The van der Waals surface area contributed by atoms with Crippen molar-refractivity contribution in [3.63, 3.8) is 0 Å². The smallest absolute Gasteiger partial charge is 0.253 e. The van der Waals surface area contributed by atoms with Gasteiger partial charge < -0.3 is 10.2 Å². The largest absolute Gasteiger partial charge is 0.352 e. The highest BCUT2D eigenvalue weighted by Gasteiger charge is 2.27. The summed E-state index contributed by atoms with van der Waals surface area (Å²) in [6, 6.07) is 7.27. The van der Waals surface area contributed by atoms with Gasteiger partial charge in [0.1, 0.15) is 0 Å². The molecule has 1 saturated heterocycles. The first-order valence-electron chi connectivity index (χ1n) is 9.64. The molecule has 3 rings (SSSR count). The summed E-state index contributed by atoms with van der Waals surface area (Å²) in [6.07, 6.45) is 5.49. The van der Waals surface area contributed by atoms with Crippen LogP contribution < -0.4 is 5.32 Å². The summed E-state index contributed by atoms with van der Waals surface area (Å²) in [4.78, 5) is 29.3. The first-order chi connectivity index (χ1) is 12.5. The molecule has 0 spiro atoms. The second kappa shape index (κ2) is 8.87. The van der Waals surface area contributed by atoms with Crippen LogP contribution in [0.2, 0.25) is 5.02 Å². The van der Waals surface area contributed by atoms with Crippen LogP contribution in [0.25, 0.3) is 0 Å². The molecule has 2 fully saturated rings. The van der Waals surface area contributed by atoms with Crippen LogP contribution in [0, 0.1) is 0 Å². The Morgan fingerprint density at radius 1 is 1.12 bits per heavy atom. The highest BCUT2D eigenvalue weighted by atomic mass is 35.5. The zero-order valence-electron chi connectivity index (χ0n) is 15.4. The maximum absolute atomic E-state index is 12.7. The monoisotopic (exact) mass is 377 g/mol. The lowest BCUT2D eigenvalue weighted by Crippen LogP contribution is -2.48. The Morgan fingerprint density at radius 3 is 2.62 bits per heavy atom. The van der Waals surface area contributed by atoms with E-state index in [1.54, 1.807) is 24.3 Å². The maximum Gasteiger partial charge on any atom is 0.253 e. The molecule has 1 heterocycles. The Bertz CT molecular complexity index is 646. The number of nitrogens with one attached hydrogen (secondary N) is 1. The normalized spacial score (nSPS) is 20.6. The van der Waals surface area contributed by atoms with Crippen LogP contribution in [0.4, 0.5) is 0 Å². The molecule has 6 heteroatoms. The van der Waals surface area contributed by atoms with Crippen molar-refractivity contribution in [2.45, 2.75) is 51.1 Å². The van der Waals surface area contributed by atoms with Gasteiger partial charge in [0.2, 0.25) is 5.91 Å². The average Bonchev–Trinajstić information content (AvgIpc) is 3.02. The Hall–Kier alpha value is -1.59.